The molecule has 0 fully saturated rings. The van der Waals surface area contributed by atoms with Gasteiger partial charge in [0.25, 0.3) is 11.2 Å². The maximum absolute atomic E-state index is 13.1. The minimum atomic E-state index is -4.67. The van der Waals surface area contributed by atoms with Gasteiger partial charge < -0.3 is 10.2 Å². The zero-order valence-corrected chi connectivity index (χ0v) is 17.0. The number of para-hydroxylation sites is 1. The highest BCUT2D eigenvalue weighted by atomic mass is 19.4. The van der Waals surface area contributed by atoms with Gasteiger partial charge in [0, 0.05) is 19.2 Å². The molecule has 0 saturated heterocycles. The quantitative estimate of drug-likeness (QED) is 0.442. The number of fused-ring (bicyclic) bond motifs is 1. The lowest BCUT2D eigenvalue weighted by molar-refractivity contribution is -0.384. The molecule has 10 nitrogen and oxygen atoms in total. The number of amides is 2. The average Bonchev–Trinajstić information content (AvgIpc) is 2.74. The third kappa shape index (κ3) is 5.31. The van der Waals surface area contributed by atoms with Gasteiger partial charge in [-0.3, -0.25) is 29.1 Å². The lowest BCUT2D eigenvalue weighted by atomic mass is 10.1. The van der Waals surface area contributed by atoms with Crippen molar-refractivity contribution in [2.24, 2.45) is 0 Å². The summed E-state index contributed by atoms with van der Waals surface area (Å²) in [6, 6.07) is 7.89. The van der Waals surface area contributed by atoms with E-state index in [9.17, 15) is 37.7 Å². The van der Waals surface area contributed by atoms with Gasteiger partial charge in [0.05, 0.1) is 39.9 Å². The van der Waals surface area contributed by atoms with Gasteiger partial charge in [-0.15, -0.1) is 0 Å². The van der Waals surface area contributed by atoms with Gasteiger partial charge in [-0.05, 0) is 18.2 Å². The number of alkyl halides is 3. The summed E-state index contributed by atoms with van der Waals surface area (Å²) in [4.78, 5) is 52.3. The summed E-state index contributed by atoms with van der Waals surface area (Å²) >= 11 is 0. The van der Waals surface area contributed by atoms with Crippen molar-refractivity contribution < 1.29 is 27.7 Å². The molecule has 0 aliphatic rings. The van der Waals surface area contributed by atoms with Crippen LogP contribution in [0.1, 0.15) is 5.56 Å². The highest BCUT2D eigenvalue weighted by Gasteiger charge is 2.33. The number of nitrogens with zero attached hydrogens (tertiary/aromatic N) is 4. The third-order valence-corrected chi connectivity index (χ3v) is 4.64. The lowest BCUT2D eigenvalue weighted by Crippen LogP contribution is -2.38. The number of hydrogen-bond donors (Lipinski definition) is 1. The third-order valence-electron chi connectivity index (χ3n) is 4.64. The van der Waals surface area contributed by atoms with Crippen LogP contribution >= 0.6 is 0 Å². The van der Waals surface area contributed by atoms with Crippen molar-refractivity contribution in [3.8, 4) is 0 Å². The number of rotatable bonds is 6. The Morgan fingerprint density at radius 3 is 2.58 bits per heavy atom. The maximum atomic E-state index is 13.1. The molecular formula is C20H16F3N5O5. The number of benzene rings is 2. The zero-order chi connectivity index (χ0) is 24.3. The number of carbonyl (C=O) groups is 2. The van der Waals surface area contributed by atoms with Gasteiger partial charge in [-0.2, -0.15) is 13.2 Å². The Kier molecular flexibility index (Phi) is 6.42. The summed E-state index contributed by atoms with van der Waals surface area (Å²) in [6.45, 7) is -1.06. The molecule has 0 radical (unpaired) electrons. The molecule has 0 unspecified atom stereocenters. The van der Waals surface area contributed by atoms with Crippen LogP contribution in [0.15, 0.2) is 53.6 Å². The van der Waals surface area contributed by atoms with Crippen LogP contribution in [0, 0.1) is 10.1 Å². The Morgan fingerprint density at radius 1 is 1.21 bits per heavy atom. The fourth-order valence-electron chi connectivity index (χ4n) is 2.97. The molecule has 2 aromatic carbocycles. The number of likely N-dealkylation sites (N-methyl/N-ethyl adjacent to an activating group) is 1. The van der Waals surface area contributed by atoms with Crippen LogP contribution in [0.2, 0.25) is 0 Å². The molecule has 33 heavy (non-hydrogen) atoms. The second-order valence-electron chi connectivity index (χ2n) is 6.98. The molecule has 3 aromatic rings. The SMILES string of the molecule is CN(CC(=O)Nc1ccccc1C(F)(F)F)C(=O)Cn1cnc2cc([N+](=O)[O-])ccc2c1=O. The summed E-state index contributed by atoms with van der Waals surface area (Å²) in [6.07, 6.45) is -3.63. The van der Waals surface area contributed by atoms with E-state index in [1.165, 1.54) is 25.2 Å². The number of carbonyl (C=O) groups excluding carboxylic acids is 2. The van der Waals surface area contributed by atoms with E-state index in [2.05, 4.69) is 10.3 Å². The Morgan fingerprint density at radius 2 is 1.91 bits per heavy atom. The summed E-state index contributed by atoms with van der Waals surface area (Å²) in [5.74, 6) is -1.54. The first-order chi connectivity index (χ1) is 15.5. The zero-order valence-electron chi connectivity index (χ0n) is 17.0. The molecule has 1 N–H and O–H groups in total. The van der Waals surface area contributed by atoms with E-state index < -0.39 is 52.8 Å². The molecule has 13 heteroatoms. The Balaban J connectivity index is 1.70. The Labute approximate surface area is 183 Å². The number of aromatic nitrogens is 2. The van der Waals surface area contributed by atoms with Crippen molar-refractivity contribution >= 4 is 34.1 Å². The van der Waals surface area contributed by atoms with Crippen LogP contribution in [0.4, 0.5) is 24.5 Å². The summed E-state index contributed by atoms with van der Waals surface area (Å²) in [7, 11) is 1.25. The first-order valence-corrected chi connectivity index (χ1v) is 9.31. The summed E-state index contributed by atoms with van der Waals surface area (Å²) < 4.78 is 40.1. The van der Waals surface area contributed by atoms with Gasteiger partial charge >= 0.3 is 6.18 Å². The van der Waals surface area contributed by atoms with Crippen LogP contribution in [0.25, 0.3) is 10.9 Å². The van der Waals surface area contributed by atoms with Gasteiger partial charge in [0.2, 0.25) is 11.8 Å². The number of non-ortho nitro benzene ring substituents is 1. The molecule has 1 heterocycles. The highest BCUT2D eigenvalue weighted by molar-refractivity contribution is 5.95. The van der Waals surface area contributed by atoms with E-state index in [1.807, 2.05) is 0 Å². The molecule has 0 bridgehead atoms. The minimum absolute atomic E-state index is 0.0556. The van der Waals surface area contributed by atoms with E-state index in [1.54, 1.807) is 0 Å². The number of nitro benzene ring substituents is 1. The minimum Gasteiger partial charge on any atom is -0.335 e. The highest BCUT2D eigenvalue weighted by Crippen LogP contribution is 2.34. The van der Waals surface area contributed by atoms with Crippen LogP contribution in [0.3, 0.4) is 0 Å². The second kappa shape index (κ2) is 9.06. The van der Waals surface area contributed by atoms with Crippen molar-refractivity contribution in [3.63, 3.8) is 0 Å². The van der Waals surface area contributed by atoms with E-state index in [-0.39, 0.29) is 16.6 Å². The smallest absolute Gasteiger partial charge is 0.335 e. The van der Waals surface area contributed by atoms with Crippen molar-refractivity contribution in [2.75, 3.05) is 18.9 Å². The topological polar surface area (TPSA) is 127 Å². The molecule has 0 aliphatic carbocycles. The van der Waals surface area contributed by atoms with Crippen molar-refractivity contribution in [1.29, 1.82) is 0 Å². The van der Waals surface area contributed by atoms with Crippen molar-refractivity contribution in [2.45, 2.75) is 12.7 Å². The van der Waals surface area contributed by atoms with Gasteiger partial charge in [0.1, 0.15) is 6.54 Å². The molecular weight excluding hydrogens is 447 g/mol. The molecule has 3 rings (SSSR count). The van der Waals surface area contributed by atoms with E-state index >= 15 is 0 Å². The monoisotopic (exact) mass is 463 g/mol. The maximum Gasteiger partial charge on any atom is 0.418 e. The molecule has 0 aliphatic heterocycles. The molecule has 0 atom stereocenters. The first kappa shape index (κ1) is 23.4. The standard InChI is InChI=1S/C20H16F3N5O5/c1-26(9-17(29)25-15-5-3-2-4-14(15)20(21,22)23)18(30)10-27-11-24-16-8-12(28(32)33)6-7-13(16)19(27)31/h2-8,11H,9-10H2,1H3,(H,25,29). The number of anilines is 1. The number of nitro groups is 1. The second-order valence-corrected chi connectivity index (χ2v) is 6.98. The van der Waals surface area contributed by atoms with E-state index in [4.69, 9.17) is 0 Å². The molecule has 2 amide bonds. The van der Waals surface area contributed by atoms with Crippen molar-refractivity contribution in [3.05, 3.63) is 74.8 Å². The Hall–Kier alpha value is -4.29. The molecule has 172 valence electrons. The van der Waals surface area contributed by atoms with Crippen LogP contribution in [-0.4, -0.2) is 44.8 Å². The predicted octanol–water partition coefficient (Wildman–Crippen LogP) is 2.42. The molecule has 0 spiro atoms. The summed E-state index contributed by atoms with van der Waals surface area (Å²) in [5, 5.41) is 13.0. The van der Waals surface area contributed by atoms with Crippen LogP contribution in [0.5, 0.6) is 0 Å². The number of hydrogen-bond acceptors (Lipinski definition) is 6. The lowest BCUT2D eigenvalue weighted by Gasteiger charge is -2.19. The number of halogens is 3. The van der Waals surface area contributed by atoms with Crippen LogP contribution < -0.4 is 10.9 Å². The summed E-state index contributed by atoms with van der Waals surface area (Å²) in [5.41, 5.74) is -2.27. The van der Waals surface area contributed by atoms with E-state index in [0.29, 0.717) is 0 Å². The predicted molar refractivity (Wildman–Crippen MR) is 110 cm³/mol. The van der Waals surface area contributed by atoms with Gasteiger partial charge in [-0.25, -0.2) is 4.98 Å². The van der Waals surface area contributed by atoms with Gasteiger partial charge in [-0.1, -0.05) is 12.1 Å². The average molecular weight is 463 g/mol. The fourth-order valence-corrected chi connectivity index (χ4v) is 2.97. The number of nitrogens with one attached hydrogen (secondary N) is 1. The fraction of sp³-hybridized carbons (Fsp3) is 0.200. The van der Waals surface area contributed by atoms with E-state index in [0.717, 1.165) is 40.1 Å². The Bertz CT molecular complexity index is 1310. The molecule has 0 saturated carbocycles. The normalized spacial score (nSPS) is 11.3. The van der Waals surface area contributed by atoms with Crippen LogP contribution in [-0.2, 0) is 22.3 Å². The van der Waals surface area contributed by atoms with Gasteiger partial charge in [0.15, 0.2) is 0 Å². The molecule has 1 aromatic heterocycles. The van der Waals surface area contributed by atoms with Crippen molar-refractivity contribution in [1.82, 2.24) is 14.5 Å². The first-order valence-electron chi connectivity index (χ1n) is 9.31. The largest absolute Gasteiger partial charge is 0.418 e.